The summed E-state index contributed by atoms with van der Waals surface area (Å²) in [6.07, 6.45) is 0. The van der Waals surface area contributed by atoms with Crippen LogP contribution in [-0.4, -0.2) is 0 Å². The Balaban J connectivity index is 3.53. The fraction of sp³-hybridized carbons (Fsp3) is 0.250. The third-order valence-electron chi connectivity index (χ3n) is 1.64. The van der Waals surface area contributed by atoms with E-state index in [0.29, 0.717) is 16.1 Å². The Morgan fingerprint density at radius 1 is 1.00 bits per heavy atom. The standard InChI is InChI=1S/C8H4Cl6/c1-3-2-4(9)6(10)7(11)5(3)8(12,13)14/h2H,1H3. The van der Waals surface area contributed by atoms with Gasteiger partial charge in [-0.25, -0.2) is 0 Å². The van der Waals surface area contributed by atoms with Crippen molar-refractivity contribution >= 4 is 69.6 Å². The molecule has 14 heavy (non-hydrogen) atoms. The highest BCUT2D eigenvalue weighted by Crippen LogP contribution is 2.47. The lowest BCUT2D eigenvalue weighted by atomic mass is 10.1. The zero-order valence-corrected chi connectivity index (χ0v) is 11.4. The maximum absolute atomic E-state index is 5.92. The highest BCUT2D eigenvalue weighted by molar-refractivity contribution is 6.67. The molecule has 0 aliphatic carbocycles. The fourth-order valence-electron chi connectivity index (χ4n) is 1.06. The normalized spacial score (nSPS) is 11.9. The van der Waals surface area contributed by atoms with Gasteiger partial charge >= 0.3 is 0 Å². The zero-order chi connectivity index (χ0) is 11.1. The molecule has 0 nitrogen and oxygen atoms in total. The van der Waals surface area contributed by atoms with Gasteiger partial charge in [0.25, 0.3) is 0 Å². The molecule has 0 heterocycles. The summed E-state index contributed by atoms with van der Waals surface area (Å²) < 4.78 is -1.60. The van der Waals surface area contributed by atoms with Crippen molar-refractivity contribution in [3.05, 3.63) is 32.3 Å². The van der Waals surface area contributed by atoms with Crippen LogP contribution in [0.1, 0.15) is 11.1 Å². The molecule has 0 radical (unpaired) electrons. The molecule has 0 aromatic heterocycles. The summed E-state index contributed by atoms with van der Waals surface area (Å²) in [5.74, 6) is 0. The third kappa shape index (κ3) is 2.55. The van der Waals surface area contributed by atoms with Gasteiger partial charge in [-0.2, -0.15) is 0 Å². The lowest BCUT2D eigenvalue weighted by molar-refractivity contribution is 1.19. The van der Waals surface area contributed by atoms with Gasteiger partial charge in [0.15, 0.2) is 0 Å². The SMILES string of the molecule is Cc1cc(Cl)c(Cl)c(Cl)c1C(Cl)(Cl)Cl. The van der Waals surface area contributed by atoms with Crippen molar-refractivity contribution in [2.45, 2.75) is 10.7 Å². The van der Waals surface area contributed by atoms with Crippen molar-refractivity contribution < 1.29 is 0 Å². The van der Waals surface area contributed by atoms with Crippen LogP contribution in [-0.2, 0) is 3.79 Å². The Morgan fingerprint density at radius 2 is 1.50 bits per heavy atom. The van der Waals surface area contributed by atoms with Gasteiger partial charge < -0.3 is 0 Å². The summed E-state index contributed by atoms with van der Waals surface area (Å²) in [6.45, 7) is 1.74. The molecule has 0 unspecified atom stereocenters. The van der Waals surface area contributed by atoms with Crippen LogP contribution in [0.3, 0.4) is 0 Å². The molecule has 0 atom stereocenters. The van der Waals surface area contributed by atoms with Gasteiger partial charge in [-0.15, -0.1) is 0 Å². The smallest absolute Gasteiger partial charge is 0.0826 e. The van der Waals surface area contributed by atoms with Gasteiger partial charge in [0.1, 0.15) is 0 Å². The molecular weight excluding hydrogens is 309 g/mol. The molecule has 1 aromatic rings. The van der Waals surface area contributed by atoms with E-state index < -0.39 is 3.79 Å². The molecule has 1 aromatic carbocycles. The van der Waals surface area contributed by atoms with Crippen molar-refractivity contribution in [3.63, 3.8) is 0 Å². The molecule has 0 amide bonds. The van der Waals surface area contributed by atoms with Crippen molar-refractivity contribution in [2.24, 2.45) is 0 Å². The molecule has 1 rings (SSSR count). The van der Waals surface area contributed by atoms with E-state index in [9.17, 15) is 0 Å². The molecule has 6 heteroatoms. The molecule has 0 aliphatic heterocycles. The van der Waals surface area contributed by atoms with Gasteiger partial charge in [0.05, 0.1) is 15.1 Å². The minimum Gasteiger partial charge on any atom is -0.0826 e. The Hall–Kier alpha value is 0.960. The van der Waals surface area contributed by atoms with Crippen LogP contribution in [0.25, 0.3) is 0 Å². The molecule has 0 N–H and O–H groups in total. The van der Waals surface area contributed by atoms with Crippen LogP contribution >= 0.6 is 69.6 Å². The van der Waals surface area contributed by atoms with Crippen LogP contribution in [0.15, 0.2) is 6.07 Å². The van der Waals surface area contributed by atoms with E-state index in [1.165, 1.54) is 0 Å². The maximum Gasteiger partial charge on any atom is 0.217 e. The second kappa shape index (κ2) is 4.45. The van der Waals surface area contributed by atoms with Crippen LogP contribution in [0, 0.1) is 6.92 Å². The summed E-state index contributed by atoms with van der Waals surface area (Å²) in [7, 11) is 0. The number of halogens is 6. The molecule has 0 aliphatic rings. The van der Waals surface area contributed by atoms with Crippen LogP contribution < -0.4 is 0 Å². The van der Waals surface area contributed by atoms with Gasteiger partial charge in [0.2, 0.25) is 3.79 Å². The Morgan fingerprint density at radius 3 is 1.93 bits per heavy atom. The molecule has 0 saturated carbocycles. The summed E-state index contributed by atoms with van der Waals surface area (Å²) in [5, 5.41) is 0.712. The zero-order valence-electron chi connectivity index (χ0n) is 6.85. The number of hydrogen-bond acceptors (Lipinski definition) is 0. The van der Waals surface area contributed by atoms with Gasteiger partial charge in [-0.3, -0.25) is 0 Å². The average Bonchev–Trinajstić information content (AvgIpc) is 1.97. The Bertz CT molecular complexity index is 365. The van der Waals surface area contributed by atoms with Crippen molar-refractivity contribution in [2.75, 3.05) is 0 Å². The van der Waals surface area contributed by atoms with Crippen molar-refractivity contribution in [3.8, 4) is 0 Å². The second-order valence-electron chi connectivity index (χ2n) is 2.68. The predicted octanol–water partition coefficient (Wildman–Crippen LogP) is 5.78. The first-order chi connectivity index (χ1) is 6.25. The van der Waals surface area contributed by atoms with Crippen LogP contribution in [0.5, 0.6) is 0 Å². The van der Waals surface area contributed by atoms with E-state index in [-0.39, 0.29) is 10.0 Å². The molecule has 0 bridgehead atoms. The molecule has 0 spiro atoms. The number of hydrogen-bond donors (Lipinski definition) is 0. The number of benzene rings is 1. The Labute approximate surface area is 112 Å². The first-order valence-electron chi connectivity index (χ1n) is 3.46. The lowest BCUT2D eigenvalue weighted by Crippen LogP contribution is -2.04. The number of rotatable bonds is 0. The molecular formula is C8H4Cl6. The van der Waals surface area contributed by atoms with Gasteiger partial charge in [-0.1, -0.05) is 69.6 Å². The number of aryl methyl sites for hydroxylation is 1. The summed E-state index contributed by atoms with van der Waals surface area (Å²) >= 11 is 34.7. The fourth-order valence-corrected chi connectivity index (χ4v) is 2.79. The third-order valence-corrected chi connectivity index (χ3v) is 3.47. The monoisotopic (exact) mass is 310 g/mol. The highest BCUT2D eigenvalue weighted by Gasteiger charge is 2.29. The summed E-state index contributed by atoms with van der Waals surface area (Å²) in [6, 6.07) is 1.60. The number of alkyl halides is 3. The van der Waals surface area contributed by atoms with Crippen LogP contribution in [0.4, 0.5) is 0 Å². The van der Waals surface area contributed by atoms with Crippen LogP contribution in [0.2, 0.25) is 15.1 Å². The molecule has 0 fully saturated rings. The van der Waals surface area contributed by atoms with E-state index in [0.717, 1.165) is 0 Å². The first kappa shape index (κ1) is 13.0. The van der Waals surface area contributed by atoms with E-state index in [2.05, 4.69) is 0 Å². The largest absolute Gasteiger partial charge is 0.217 e. The maximum atomic E-state index is 5.92. The summed E-state index contributed by atoms with van der Waals surface area (Å²) in [4.78, 5) is 0. The lowest BCUT2D eigenvalue weighted by Gasteiger charge is -2.17. The van der Waals surface area contributed by atoms with E-state index >= 15 is 0 Å². The first-order valence-corrected chi connectivity index (χ1v) is 5.73. The summed E-state index contributed by atoms with van der Waals surface area (Å²) in [5.41, 5.74) is 1.04. The minimum absolute atomic E-state index is 0.177. The Kier molecular flexibility index (Phi) is 4.14. The topological polar surface area (TPSA) is 0 Å². The van der Waals surface area contributed by atoms with Crippen molar-refractivity contribution in [1.29, 1.82) is 0 Å². The van der Waals surface area contributed by atoms with Gasteiger partial charge in [-0.05, 0) is 18.6 Å². The quantitative estimate of drug-likeness (QED) is 0.420. The minimum atomic E-state index is -1.60. The molecule has 78 valence electrons. The van der Waals surface area contributed by atoms with Gasteiger partial charge in [0, 0.05) is 5.56 Å². The second-order valence-corrected chi connectivity index (χ2v) is 6.12. The van der Waals surface area contributed by atoms with E-state index in [1.54, 1.807) is 13.0 Å². The highest BCUT2D eigenvalue weighted by atomic mass is 35.6. The van der Waals surface area contributed by atoms with E-state index in [4.69, 9.17) is 69.6 Å². The average molecular weight is 313 g/mol. The van der Waals surface area contributed by atoms with E-state index in [1.807, 2.05) is 0 Å². The van der Waals surface area contributed by atoms with Crippen molar-refractivity contribution in [1.82, 2.24) is 0 Å². The molecule has 0 saturated heterocycles. The predicted molar refractivity (Wildman–Crippen MR) is 65.4 cm³/mol.